The highest BCUT2D eigenvalue weighted by Crippen LogP contribution is 2.38. The van der Waals surface area contributed by atoms with Crippen LogP contribution in [0.5, 0.6) is 0 Å². The molecule has 0 radical (unpaired) electrons. The van der Waals surface area contributed by atoms with Crippen LogP contribution in [0, 0.1) is 5.82 Å². The topological polar surface area (TPSA) is 102 Å². The predicted molar refractivity (Wildman–Crippen MR) is 143 cm³/mol. The van der Waals surface area contributed by atoms with Crippen LogP contribution < -0.4 is 10.6 Å². The van der Waals surface area contributed by atoms with Crippen LogP contribution in [0.25, 0.3) is 33.7 Å². The van der Waals surface area contributed by atoms with Gasteiger partial charge in [-0.05, 0) is 61.5 Å². The molecule has 11 heteroatoms. The second kappa shape index (κ2) is 9.03. The minimum Gasteiger partial charge on any atom is -0.387 e. The normalized spacial score (nSPS) is 14.9. The molecule has 1 fully saturated rings. The van der Waals surface area contributed by atoms with Gasteiger partial charge in [0.25, 0.3) is 5.91 Å². The standard InChI is InChI=1S/C27H21FN8OS/c28-18-3-1-16(2-4-18)25-20(13-35(34-25)19-5-6-19)21-7-8-24-31-23(14-36(24)33-21)32-26(37)22-15-38-27(30-22)17-9-11-29-12-10-17/h1-4,7-11,13-15,19,29H,5-6,12H2,(H,32,37). The molecule has 5 heterocycles. The molecule has 0 bridgehead atoms. The van der Waals surface area contributed by atoms with Gasteiger partial charge in [0.05, 0.1) is 17.9 Å². The number of rotatable bonds is 6. The molecular weight excluding hydrogens is 503 g/mol. The van der Waals surface area contributed by atoms with Crippen LogP contribution in [-0.2, 0) is 0 Å². The summed E-state index contributed by atoms with van der Waals surface area (Å²) in [5.41, 5.74) is 5.02. The average molecular weight is 525 g/mol. The second-order valence-electron chi connectivity index (χ2n) is 9.15. The van der Waals surface area contributed by atoms with Crippen LogP contribution in [0.15, 0.2) is 72.5 Å². The van der Waals surface area contributed by atoms with Gasteiger partial charge in [-0.1, -0.05) is 6.08 Å². The Balaban J connectivity index is 1.17. The highest BCUT2D eigenvalue weighted by atomic mass is 32.1. The van der Waals surface area contributed by atoms with E-state index in [9.17, 15) is 9.18 Å². The van der Waals surface area contributed by atoms with E-state index in [1.165, 1.54) is 23.5 Å². The Hall–Kier alpha value is -4.64. The Kier molecular flexibility index (Phi) is 5.36. The zero-order valence-corrected chi connectivity index (χ0v) is 20.8. The number of benzene rings is 1. The van der Waals surface area contributed by atoms with Crippen molar-refractivity contribution in [2.75, 3.05) is 11.9 Å². The lowest BCUT2D eigenvalue weighted by Gasteiger charge is -2.04. The molecule has 0 atom stereocenters. The van der Waals surface area contributed by atoms with Gasteiger partial charge in [-0.3, -0.25) is 9.48 Å². The van der Waals surface area contributed by atoms with Gasteiger partial charge in [-0.15, -0.1) is 11.3 Å². The van der Waals surface area contributed by atoms with Crippen molar-refractivity contribution in [1.29, 1.82) is 0 Å². The van der Waals surface area contributed by atoms with Crippen molar-refractivity contribution in [1.82, 2.24) is 34.7 Å². The first-order valence-electron chi connectivity index (χ1n) is 12.2. The van der Waals surface area contributed by atoms with Crippen molar-refractivity contribution >= 4 is 34.3 Å². The summed E-state index contributed by atoms with van der Waals surface area (Å²) >= 11 is 1.42. The molecule has 1 amide bonds. The molecule has 1 aliphatic carbocycles. The highest BCUT2D eigenvalue weighted by molar-refractivity contribution is 7.11. The van der Waals surface area contributed by atoms with Crippen LogP contribution in [-0.4, -0.2) is 41.8 Å². The number of allylic oxidation sites excluding steroid dienone is 2. The summed E-state index contributed by atoms with van der Waals surface area (Å²) < 4.78 is 17.1. The number of fused-ring (bicyclic) bond motifs is 1. The average Bonchev–Trinajstić information content (AvgIpc) is 3.33. The number of carbonyl (C=O) groups excluding carboxylic acids is 1. The fraction of sp³-hybridized carbons (Fsp3) is 0.148. The molecule has 4 aromatic heterocycles. The van der Waals surface area contributed by atoms with Crippen LogP contribution in [0.4, 0.5) is 10.2 Å². The first-order chi connectivity index (χ1) is 18.6. The first kappa shape index (κ1) is 22.5. The fourth-order valence-electron chi connectivity index (χ4n) is 4.32. The van der Waals surface area contributed by atoms with Gasteiger partial charge in [0.15, 0.2) is 11.5 Å². The highest BCUT2D eigenvalue weighted by Gasteiger charge is 2.27. The molecule has 1 aliphatic heterocycles. The fourth-order valence-corrected chi connectivity index (χ4v) is 5.14. The Labute approximate surface area is 220 Å². The second-order valence-corrected chi connectivity index (χ2v) is 10.0. The molecule has 2 aliphatic rings. The summed E-state index contributed by atoms with van der Waals surface area (Å²) in [6.45, 7) is 0.732. The summed E-state index contributed by atoms with van der Waals surface area (Å²) in [7, 11) is 0. The number of dihydropyridines is 1. The molecule has 2 N–H and O–H groups in total. The largest absolute Gasteiger partial charge is 0.387 e. The number of hydrogen-bond acceptors (Lipinski definition) is 7. The molecule has 7 rings (SSSR count). The van der Waals surface area contributed by atoms with Crippen molar-refractivity contribution < 1.29 is 9.18 Å². The molecule has 0 saturated heterocycles. The lowest BCUT2D eigenvalue weighted by molar-refractivity contribution is 0.102. The van der Waals surface area contributed by atoms with Crippen molar-refractivity contribution in [3.8, 4) is 22.5 Å². The van der Waals surface area contributed by atoms with E-state index in [-0.39, 0.29) is 11.7 Å². The van der Waals surface area contributed by atoms with Crippen LogP contribution >= 0.6 is 11.3 Å². The van der Waals surface area contributed by atoms with Gasteiger partial charge < -0.3 is 10.6 Å². The summed E-state index contributed by atoms with van der Waals surface area (Å²) in [4.78, 5) is 21.8. The summed E-state index contributed by atoms with van der Waals surface area (Å²) in [6, 6.07) is 10.4. The Morgan fingerprint density at radius 2 is 1.95 bits per heavy atom. The SMILES string of the molecule is O=C(Nc1cn2nc(-c3cn(C4CC4)nc3-c3ccc(F)cc3)ccc2n1)c1csc(C2=CCNC=C2)n1. The van der Waals surface area contributed by atoms with E-state index < -0.39 is 0 Å². The third-order valence-electron chi connectivity index (χ3n) is 6.41. The summed E-state index contributed by atoms with van der Waals surface area (Å²) in [6.07, 6.45) is 11.7. The maximum absolute atomic E-state index is 13.5. The Bertz CT molecular complexity index is 1740. The number of nitrogens with one attached hydrogen (secondary N) is 2. The van der Waals surface area contributed by atoms with Gasteiger partial charge in [-0.2, -0.15) is 10.2 Å². The molecule has 0 unspecified atom stereocenters. The number of aromatic nitrogens is 6. The third kappa shape index (κ3) is 4.26. The smallest absolute Gasteiger partial charge is 0.276 e. The molecule has 9 nitrogen and oxygen atoms in total. The minimum absolute atomic E-state index is 0.293. The van der Waals surface area contributed by atoms with Crippen LogP contribution in [0.1, 0.15) is 34.4 Å². The minimum atomic E-state index is -0.334. The van der Waals surface area contributed by atoms with Gasteiger partial charge >= 0.3 is 0 Å². The molecule has 188 valence electrons. The third-order valence-corrected chi connectivity index (χ3v) is 7.30. The van der Waals surface area contributed by atoms with E-state index in [4.69, 9.17) is 10.2 Å². The number of carbonyl (C=O) groups is 1. The quantitative estimate of drug-likeness (QED) is 0.326. The van der Waals surface area contributed by atoms with Gasteiger partial charge in [-0.25, -0.2) is 18.9 Å². The van der Waals surface area contributed by atoms with Crippen LogP contribution in [0.2, 0.25) is 0 Å². The molecule has 38 heavy (non-hydrogen) atoms. The number of imidazole rings is 1. The van der Waals surface area contributed by atoms with E-state index in [1.54, 1.807) is 28.2 Å². The first-order valence-corrected chi connectivity index (χ1v) is 13.1. The number of hydrogen-bond donors (Lipinski definition) is 2. The van der Waals surface area contributed by atoms with Crippen molar-refractivity contribution in [2.45, 2.75) is 18.9 Å². The van der Waals surface area contributed by atoms with E-state index in [1.807, 2.05) is 41.4 Å². The number of amides is 1. The number of thiazole rings is 1. The van der Waals surface area contributed by atoms with Gasteiger partial charge in [0.1, 0.15) is 22.2 Å². The maximum atomic E-state index is 13.5. The van der Waals surface area contributed by atoms with E-state index >= 15 is 0 Å². The molecule has 0 spiro atoms. The zero-order chi connectivity index (χ0) is 25.6. The Morgan fingerprint density at radius 1 is 1.08 bits per heavy atom. The van der Waals surface area contributed by atoms with Crippen molar-refractivity contribution in [3.05, 3.63) is 89.0 Å². The van der Waals surface area contributed by atoms with Gasteiger partial charge in [0.2, 0.25) is 0 Å². The Morgan fingerprint density at radius 3 is 2.74 bits per heavy atom. The maximum Gasteiger partial charge on any atom is 0.276 e. The lowest BCUT2D eigenvalue weighted by Crippen LogP contribution is -2.13. The molecule has 5 aromatic rings. The van der Waals surface area contributed by atoms with Crippen molar-refractivity contribution in [2.24, 2.45) is 0 Å². The van der Waals surface area contributed by atoms with E-state index in [2.05, 4.69) is 20.6 Å². The number of nitrogens with zero attached hydrogens (tertiary/aromatic N) is 6. The summed E-state index contributed by atoms with van der Waals surface area (Å²) in [5, 5.41) is 18.0. The van der Waals surface area contributed by atoms with E-state index in [0.717, 1.165) is 46.8 Å². The summed E-state index contributed by atoms with van der Waals surface area (Å²) in [5.74, 6) is -0.250. The lowest BCUT2D eigenvalue weighted by atomic mass is 10.1. The molecule has 1 aromatic carbocycles. The molecule has 1 saturated carbocycles. The monoisotopic (exact) mass is 524 g/mol. The zero-order valence-electron chi connectivity index (χ0n) is 20.0. The van der Waals surface area contributed by atoms with Crippen LogP contribution in [0.3, 0.4) is 0 Å². The molecular formula is C27H21FN8OS. The van der Waals surface area contributed by atoms with Crippen molar-refractivity contribution in [3.63, 3.8) is 0 Å². The van der Waals surface area contributed by atoms with E-state index in [0.29, 0.717) is 28.9 Å². The predicted octanol–water partition coefficient (Wildman–Crippen LogP) is 4.94. The van der Waals surface area contributed by atoms with Gasteiger partial charge in [0, 0.05) is 34.8 Å². The number of anilines is 1. The number of halogens is 1.